The Labute approximate surface area is 140 Å². The summed E-state index contributed by atoms with van der Waals surface area (Å²) < 4.78 is 0. The summed E-state index contributed by atoms with van der Waals surface area (Å²) in [5.74, 6) is 0.497. The zero-order chi connectivity index (χ0) is 17.1. The van der Waals surface area contributed by atoms with E-state index >= 15 is 0 Å². The third-order valence-corrected chi connectivity index (χ3v) is 4.23. The summed E-state index contributed by atoms with van der Waals surface area (Å²) in [4.78, 5) is 31.5. The number of aryl methyl sites for hydroxylation is 1. The number of carbonyl (C=O) groups excluding carboxylic acids is 1. The molecule has 1 amide bonds. The number of aliphatic hydroxyl groups excluding tert-OH is 1. The molecule has 0 saturated heterocycles. The number of H-pyrrole nitrogens is 1. The monoisotopic (exact) mass is 327 g/mol. The molecule has 3 N–H and O–H groups in total. The largest absolute Gasteiger partial charge is 0.396 e. The number of hydrogen-bond donors (Lipinski definition) is 3. The zero-order valence-electron chi connectivity index (χ0n) is 13.6. The van der Waals surface area contributed by atoms with E-state index in [1.807, 2.05) is 31.2 Å². The highest BCUT2D eigenvalue weighted by molar-refractivity contribution is 5.93. The van der Waals surface area contributed by atoms with Gasteiger partial charge in [0.15, 0.2) is 0 Å². The van der Waals surface area contributed by atoms with Crippen LogP contribution in [-0.4, -0.2) is 27.6 Å². The van der Waals surface area contributed by atoms with Crippen LogP contribution in [0.15, 0.2) is 35.3 Å². The summed E-state index contributed by atoms with van der Waals surface area (Å²) in [6.45, 7) is 1.92. The molecule has 1 aliphatic rings. The van der Waals surface area contributed by atoms with E-state index in [0.29, 0.717) is 18.2 Å². The van der Waals surface area contributed by atoms with E-state index in [2.05, 4.69) is 15.3 Å². The first kappa shape index (κ1) is 16.4. The quantitative estimate of drug-likeness (QED) is 0.754. The predicted molar refractivity (Wildman–Crippen MR) is 89.9 cm³/mol. The molecule has 126 valence electrons. The molecule has 2 aromatic rings. The number of aromatic nitrogens is 2. The van der Waals surface area contributed by atoms with Crippen LogP contribution < -0.4 is 10.9 Å². The maximum Gasteiger partial charge on any atom is 0.263 e. The molecule has 0 aliphatic heterocycles. The molecule has 0 radical (unpaired) electrons. The molecule has 0 spiro atoms. The van der Waals surface area contributed by atoms with Gasteiger partial charge in [-0.3, -0.25) is 9.59 Å². The zero-order valence-corrected chi connectivity index (χ0v) is 13.6. The lowest BCUT2D eigenvalue weighted by Crippen LogP contribution is -2.33. The summed E-state index contributed by atoms with van der Waals surface area (Å²) in [6, 6.07) is 7.36. The molecule has 1 aromatic heterocycles. The van der Waals surface area contributed by atoms with Crippen LogP contribution in [0.4, 0.5) is 0 Å². The molecule has 0 bridgehead atoms. The van der Waals surface area contributed by atoms with E-state index in [4.69, 9.17) is 0 Å². The molecule has 24 heavy (non-hydrogen) atoms. The topological polar surface area (TPSA) is 95.1 Å². The van der Waals surface area contributed by atoms with E-state index in [9.17, 15) is 14.7 Å². The molecule has 1 heterocycles. The van der Waals surface area contributed by atoms with Crippen molar-refractivity contribution in [2.75, 3.05) is 6.61 Å². The summed E-state index contributed by atoms with van der Waals surface area (Å²) in [6.07, 6.45) is 3.77. The number of hydrogen-bond acceptors (Lipinski definition) is 4. The Morgan fingerprint density at radius 3 is 2.67 bits per heavy atom. The van der Waals surface area contributed by atoms with Crippen LogP contribution in [0.3, 0.4) is 0 Å². The maximum atomic E-state index is 12.4. The molecule has 1 aliphatic carbocycles. The van der Waals surface area contributed by atoms with Crippen LogP contribution in [0.25, 0.3) is 0 Å². The molecule has 1 atom stereocenters. The van der Waals surface area contributed by atoms with Crippen LogP contribution in [-0.2, 0) is 0 Å². The predicted octanol–water partition coefficient (Wildman–Crippen LogP) is 1.81. The molecule has 6 nitrogen and oxygen atoms in total. The molecule has 1 aromatic carbocycles. The van der Waals surface area contributed by atoms with Gasteiger partial charge in [-0.25, -0.2) is 4.98 Å². The molecule has 1 unspecified atom stereocenters. The average Bonchev–Trinajstić information content (AvgIpc) is 3.40. The van der Waals surface area contributed by atoms with Crippen molar-refractivity contribution in [2.45, 2.75) is 38.1 Å². The lowest BCUT2D eigenvalue weighted by Gasteiger charge is -2.18. The lowest BCUT2D eigenvalue weighted by molar-refractivity contribution is 0.0928. The van der Waals surface area contributed by atoms with Crippen molar-refractivity contribution in [1.29, 1.82) is 0 Å². The second-order valence-corrected chi connectivity index (χ2v) is 6.23. The SMILES string of the molecule is Cc1ccc(C(CCO)NC(=O)c2cnc(C3CC3)[nH]c2=O)cc1. The van der Waals surface area contributed by atoms with Gasteiger partial charge in [0.25, 0.3) is 11.5 Å². The Morgan fingerprint density at radius 2 is 2.08 bits per heavy atom. The Balaban J connectivity index is 1.78. The number of aliphatic hydroxyl groups is 1. The molecule has 6 heteroatoms. The number of benzene rings is 1. The van der Waals surface area contributed by atoms with Gasteiger partial charge in [-0.15, -0.1) is 0 Å². The van der Waals surface area contributed by atoms with Gasteiger partial charge in [0.05, 0.1) is 6.04 Å². The minimum absolute atomic E-state index is 0.00514. The van der Waals surface area contributed by atoms with Crippen molar-refractivity contribution in [3.05, 3.63) is 63.3 Å². The van der Waals surface area contributed by atoms with E-state index in [0.717, 1.165) is 24.0 Å². The Morgan fingerprint density at radius 1 is 1.38 bits per heavy atom. The Hall–Kier alpha value is -2.47. The Kier molecular flexibility index (Phi) is 4.76. The second-order valence-electron chi connectivity index (χ2n) is 6.23. The minimum Gasteiger partial charge on any atom is -0.396 e. The van der Waals surface area contributed by atoms with Gasteiger partial charge in [0, 0.05) is 18.7 Å². The highest BCUT2D eigenvalue weighted by Gasteiger charge is 2.27. The van der Waals surface area contributed by atoms with E-state index in [-0.39, 0.29) is 18.2 Å². The minimum atomic E-state index is -0.481. The Bertz CT molecular complexity index is 779. The number of nitrogens with one attached hydrogen (secondary N) is 2. The van der Waals surface area contributed by atoms with Gasteiger partial charge in [-0.05, 0) is 31.7 Å². The molecular weight excluding hydrogens is 306 g/mol. The van der Waals surface area contributed by atoms with Crippen molar-refractivity contribution < 1.29 is 9.90 Å². The first-order chi connectivity index (χ1) is 11.6. The molecule has 1 fully saturated rings. The summed E-state index contributed by atoms with van der Waals surface area (Å²) >= 11 is 0. The summed E-state index contributed by atoms with van der Waals surface area (Å²) in [7, 11) is 0. The average molecular weight is 327 g/mol. The lowest BCUT2D eigenvalue weighted by atomic mass is 10.0. The number of carbonyl (C=O) groups is 1. The number of aromatic amines is 1. The second kappa shape index (κ2) is 6.97. The fourth-order valence-electron chi connectivity index (χ4n) is 2.62. The van der Waals surface area contributed by atoms with E-state index in [1.54, 1.807) is 0 Å². The van der Waals surface area contributed by atoms with Gasteiger partial charge in [0.1, 0.15) is 11.4 Å². The third kappa shape index (κ3) is 3.71. The van der Waals surface area contributed by atoms with Gasteiger partial charge in [0.2, 0.25) is 0 Å². The van der Waals surface area contributed by atoms with Crippen LogP contribution in [0, 0.1) is 6.92 Å². The van der Waals surface area contributed by atoms with Crippen molar-refractivity contribution >= 4 is 5.91 Å². The molecule has 3 rings (SSSR count). The molecule has 1 saturated carbocycles. The first-order valence-electron chi connectivity index (χ1n) is 8.16. The van der Waals surface area contributed by atoms with Crippen molar-refractivity contribution in [3.8, 4) is 0 Å². The van der Waals surface area contributed by atoms with Gasteiger partial charge in [-0.2, -0.15) is 0 Å². The number of amides is 1. The van der Waals surface area contributed by atoms with Gasteiger partial charge < -0.3 is 15.4 Å². The van der Waals surface area contributed by atoms with Crippen LogP contribution >= 0.6 is 0 Å². The smallest absolute Gasteiger partial charge is 0.263 e. The fourth-order valence-corrected chi connectivity index (χ4v) is 2.62. The fraction of sp³-hybridized carbons (Fsp3) is 0.389. The normalized spacial score (nSPS) is 15.1. The third-order valence-electron chi connectivity index (χ3n) is 4.23. The van der Waals surface area contributed by atoms with Crippen molar-refractivity contribution in [2.24, 2.45) is 0 Å². The van der Waals surface area contributed by atoms with Crippen LogP contribution in [0.1, 0.15) is 58.5 Å². The maximum absolute atomic E-state index is 12.4. The summed E-state index contributed by atoms with van der Waals surface area (Å²) in [5.41, 5.74) is 1.58. The number of nitrogens with zero attached hydrogens (tertiary/aromatic N) is 1. The van der Waals surface area contributed by atoms with Crippen LogP contribution in [0.2, 0.25) is 0 Å². The summed E-state index contributed by atoms with van der Waals surface area (Å²) in [5, 5.41) is 12.1. The van der Waals surface area contributed by atoms with E-state index < -0.39 is 11.5 Å². The first-order valence-corrected chi connectivity index (χ1v) is 8.16. The van der Waals surface area contributed by atoms with Gasteiger partial charge >= 0.3 is 0 Å². The van der Waals surface area contributed by atoms with Crippen molar-refractivity contribution in [1.82, 2.24) is 15.3 Å². The molecular formula is C18H21N3O3. The van der Waals surface area contributed by atoms with Crippen molar-refractivity contribution in [3.63, 3.8) is 0 Å². The van der Waals surface area contributed by atoms with Crippen LogP contribution in [0.5, 0.6) is 0 Å². The number of rotatable bonds is 6. The standard InChI is InChI=1S/C18H21N3O3/c1-11-2-4-12(5-3-11)15(8-9-22)20-17(23)14-10-19-16(13-6-7-13)21-18(14)24/h2-5,10,13,15,22H,6-9H2,1H3,(H,20,23)(H,19,21,24). The highest BCUT2D eigenvalue weighted by atomic mass is 16.3. The van der Waals surface area contributed by atoms with Gasteiger partial charge in [-0.1, -0.05) is 29.8 Å². The van der Waals surface area contributed by atoms with E-state index in [1.165, 1.54) is 6.20 Å². The highest BCUT2D eigenvalue weighted by Crippen LogP contribution is 2.37.